The SMILES string of the molecule is COCCN(Cc1ccc(C)o1)CC(O)Cc1ccccc1. The van der Waals surface area contributed by atoms with E-state index in [1.165, 1.54) is 0 Å². The summed E-state index contributed by atoms with van der Waals surface area (Å²) in [5.74, 6) is 1.83. The Morgan fingerprint density at radius 1 is 1.18 bits per heavy atom. The molecule has 4 heteroatoms. The van der Waals surface area contributed by atoms with Crippen LogP contribution in [0.1, 0.15) is 17.1 Å². The molecule has 0 bridgehead atoms. The minimum Gasteiger partial charge on any atom is -0.465 e. The molecule has 0 radical (unpaired) electrons. The van der Waals surface area contributed by atoms with Gasteiger partial charge in [0.15, 0.2) is 0 Å². The molecule has 22 heavy (non-hydrogen) atoms. The average Bonchev–Trinajstić information content (AvgIpc) is 2.91. The number of nitrogens with zero attached hydrogens (tertiary/aromatic N) is 1. The zero-order valence-electron chi connectivity index (χ0n) is 13.4. The molecule has 0 saturated heterocycles. The summed E-state index contributed by atoms with van der Waals surface area (Å²) < 4.78 is 10.8. The van der Waals surface area contributed by atoms with Gasteiger partial charge < -0.3 is 14.3 Å². The van der Waals surface area contributed by atoms with Gasteiger partial charge in [-0.15, -0.1) is 0 Å². The van der Waals surface area contributed by atoms with Crippen molar-refractivity contribution in [3.8, 4) is 0 Å². The van der Waals surface area contributed by atoms with Crippen molar-refractivity contribution in [1.29, 1.82) is 0 Å². The predicted molar refractivity (Wildman–Crippen MR) is 86.8 cm³/mol. The summed E-state index contributed by atoms with van der Waals surface area (Å²) in [5, 5.41) is 10.3. The molecule has 0 aliphatic carbocycles. The van der Waals surface area contributed by atoms with Crippen LogP contribution in [0, 0.1) is 6.92 Å². The van der Waals surface area contributed by atoms with Crippen LogP contribution in [0.4, 0.5) is 0 Å². The molecule has 1 aromatic carbocycles. The Morgan fingerprint density at radius 2 is 1.95 bits per heavy atom. The van der Waals surface area contributed by atoms with Crippen molar-refractivity contribution in [2.75, 3.05) is 26.8 Å². The van der Waals surface area contributed by atoms with E-state index >= 15 is 0 Å². The normalized spacial score (nSPS) is 12.7. The number of aryl methyl sites for hydroxylation is 1. The zero-order valence-corrected chi connectivity index (χ0v) is 13.4. The van der Waals surface area contributed by atoms with E-state index in [0.717, 1.165) is 23.6 Å². The third-order valence-corrected chi connectivity index (χ3v) is 3.57. The van der Waals surface area contributed by atoms with Crippen LogP contribution in [0.15, 0.2) is 46.9 Å². The van der Waals surface area contributed by atoms with Gasteiger partial charge in [-0.05, 0) is 31.0 Å². The fourth-order valence-electron chi connectivity index (χ4n) is 2.49. The van der Waals surface area contributed by atoms with Gasteiger partial charge in [-0.3, -0.25) is 4.90 Å². The molecule has 1 heterocycles. The van der Waals surface area contributed by atoms with Crippen LogP contribution in [-0.4, -0.2) is 42.9 Å². The fraction of sp³-hybridized carbons (Fsp3) is 0.444. The Kier molecular flexibility index (Phi) is 6.65. The maximum atomic E-state index is 10.3. The monoisotopic (exact) mass is 303 g/mol. The molecular weight excluding hydrogens is 278 g/mol. The van der Waals surface area contributed by atoms with E-state index in [-0.39, 0.29) is 0 Å². The van der Waals surface area contributed by atoms with E-state index in [1.807, 2.05) is 49.4 Å². The zero-order chi connectivity index (χ0) is 15.8. The van der Waals surface area contributed by atoms with Crippen molar-refractivity contribution in [1.82, 2.24) is 4.90 Å². The topological polar surface area (TPSA) is 45.8 Å². The number of hydrogen-bond donors (Lipinski definition) is 1. The highest BCUT2D eigenvalue weighted by Crippen LogP contribution is 2.11. The first-order chi connectivity index (χ1) is 10.7. The first-order valence-electron chi connectivity index (χ1n) is 7.66. The molecule has 1 aromatic heterocycles. The lowest BCUT2D eigenvalue weighted by Crippen LogP contribution is -2.35. The largest absolute Gasteiger partial charge is 0.465 e. The van der Waals surface area contributed by atoms with Crippen LogP contribution < -0.4 is 0 Å². The summed E-state index contributed by atoms with van der Waals surface area (Å²) in [6, 6.07) is 14.0. The fourth-order valence-corrected chi connectivity index (χ4v) is 2.49. The highest BCUT2D eigenvalue weighted by molar-refractivity contribution is 5.15. The Morgan fingerprint density at radius 3 is 2.59 bits per heavy atom. The first kappa shape index (κ1) is 16.7. The van der Waals surface area contributed by atoms with E-state index in [1.54, 1.807) is 7.11 Å². The Hall–Kier alpha value is -1.62. The third kappa shape index (κ3) is 5.64. The second-order valence-corrected chi connectivity index (χ2v) is 5.58. The van der Waals surface area contributed by atoms with Gasteiger partial charge in [0.2, 0.25) is 0 Å². The van der Waals surface area contributed by atoms with Crippen molar-refractivity contribution < 1.29 is 14.3 Å². The number of hydrogen-bond acceptors (Lipinski definition) is 4. The van der Waals surface area contributed by atoms with Crippen LogP contribution in [0.25, 0.3) is 0 Å². The minimum absolute atomic E-state index is 0.407. The maximum absolute atomic E-state index is 10.3. The van der Waals surface area contributed by atoms with Gasteiger partial charge in [-0.1, -0.05) is 30.3 Å². The van der Waals surface area contributed by atoms with Crippen LogP contribution >= 0.6 is 0 Å². The summed E-state index contributed by atoms with van der Waals surface area (Å²) >= 11 is 0. The summed E-state index contributed by atoms with van der Waals surface area (Å²) in [4.78, 5) is 2.16. The van der Waals surface area contributed by atoms with Crippen molar-refractivity contribution in [2.45, 2.75) is 26.0 Å². The number of furan rings is 1. The molecule has 0 fully saturated rings. The van der Waals surface area contributed by atoms with Gasteiger partial charge in [0.25, 0.3) is 0 Å². The molecular formula is C18H25NO3. The second kappa shape index (κ2) is 8.73. The van der Waals surface area contributed by atoms with E-state index in [2.05, 4.69) is 4.90 Å². The van der Waals surface area contributed by atoms with E-state index in [0.29, 0.717) is 26.1 Å². The molecule has 2 rings (SSSR count). The summed E-state index contributed by atoms with van der Waals surface area (Å²) in [6.45, 7) is 4.62. The first-order valence-corrected chi connectivity index (χ1v) is 7.66. The number of methoxy groups -OCH3 is 1. The van der Waals surface area contributed by atoms with Crippen molar-refractivity contribution >= 4 is 0 Å². The maximum Gasteiger partial charge on any atom is 0.118 e. The molecule has 0 spiro atoms. The quantitative estimate of drug-likeness (QED) is 0.773. The number of aliphatic hydroxyl groups is 1. The summed E-state index contributed by atoms with van der Waals surface area (Å²) in [6.07, 6.45) is 0.247. The van der Waals surface area contributed by atoms with Crippen molar-refractivity contribution in [3.05, 3.63) is 59.5 Å². The van der Waals surface area contributed by atoms with E-state index in [4.69, 9.17) is 9.15 Å². The highest BCUT2D eigenvalue weighted by Gasteiger charge is 2.14. The lowest BCUT2D eigenvalue weighted by atomic mass is 10.1. The Balaban J connectivity index is 1.90. The highest BCUT2D eigenvalue weighted by atomic mass is 16.5. The third-order valence-electron chi connectivity index (χ3n) is 3.57. The number of ether oxygens (including phenoxy) is 1. The van der Waals surface area contributed by atoms with E-state index < -0.39 is 6.10 Å². The lowest BCUT2D eigenvalue weighted by Gasteiger charge is -2.24. The van der Waals surface area contributed by atoms with E-state index in [9.17, 15) is 5.11 Å². The Labute approximate surface area is 132 Å². The van der Waals surface area contributed by atoms with Crippen LogP contribution in [0.5, 0.6) is 0 Å². The molecule has 4 nitrogen and oxygen atoms in total. The van der Waals surface area contributed by atoms with Crippen LogP contribution in [0.3, 0.4) is 0 Å². The number of benzene rings is 1. The van der Waals surface area contributed by atoms with Crippen LogP contribution in [-0.2, 0) is 17.7 Å². The predicted octanol–water partition coefficient (Wildman–Crippen LogP) is 2.64. The molecule has 0 saturated carbocycles. The van der Waals surface area contributed by atoms with Gasteiger partial charge in [-0.25, -0.2) is 0 Å². The second-order valence-electron chi connectivity index (χ2n) is 5.58. The van der Waals surface area contributed by atoms with Gasteiger partial charge >= 0.3 is 0 Å². The summed E-state index contributed by atoms with van der Waals surface area (Å²) in [7, 11) is 1.69. The van der Waals surface area contributed by atoms with Crippen molar-refractivity contribution in [3.63, 3.8) is 0 Å². The molecule has 1 N–H and O–H groups in total. The van der Waals surface area contributed by atoms with Crippen LogP contribution in [0.2, 0.25) is 0 Å². The number of aliphatic hydroxyl groups excluding tert-OH is 1. The molecule has 0 aliphatic rings. The van der Waals surface area contributed by atoms with Gasteiger partial charge in [0, 0.05) is 20.2 Å². The molecule has 0 amide bonds. The average molecular weight is 303 g/mol. The van der Waals surface area contributed by atoms with Gasteiger partial charge in [0.1, 0.15) is 11.5 Å². The minimum atomic E-state index is -0.407. The van der Waals surface area contributed by atoms with Gasteiger partial charge in [0.05, 0.1) is 19.3 Å². The smallest absolute Gasteiger partial charge is 0.118 e. The number of rotatable bonds is 9. The molecule has 1 atom stereocenters. The molecule has 1 unspecified atom stereocenters. The van der Waals surface area contributed by atoms with Crippen molar-refractivity contribution in [2.24, 2.45) is 0 Å². The lowest BCUT2D eigenvalue weighted by molar-refractivity contribution is 0.0812. The molecule has 0 aliphatic heterocycles. The Bertz CT molecular complexity index is 538. The summed E-state index contributed by atoms with van der Waals surface area (Å²) in [5.41, 5.74) is 1.15. The van der Waals surface area contributed by atoms with Gasteiger partial charge in [-0.2, -0.15) is 0 Å². The molecule has 2 aromatic rings. The standard InChI is InChI=1S/C18H25NO3/c1-15-8-9-18(22-15)14-19(10-11-21-2)13-17(20)12-16-6-4-3-5-7-16/h3-9,17,20H,10-14H2,1-2H3. The molecule has 120 valence electrons.